The van der Waals surface area contributed by atoms with E-state index in [-0.39, 0.29) is 0 Å². The van der Waals surface area contributed by atoms with Crippen LogP contribution >= 0.6 is 27.5 Å². The largest absolute Gasteiger partial charge is 0.493 e. The molecule has 0 saturated heterocycles. The van der Waals surface area contributed by atoms with Crippen molar-refractivity contribution >= 4 is 27.5 Å². The Morgan fingerprint density at radius 3 is 2.04 bits per heavy atom. The second kappa shape index (κ2) is 7.23. The van der Waals surface area contributed by atoms with Crippen LogP contribution in [0.1, 0.15) is 0 Å². The minimum Gasteiger partial charge on any atom is -0.493 e. The van der Waals surface area contributed by atoms with E-state index in [0.717, 1.165) is 26.0 Å². The van der Waals surface area contributed by atoms with Gasteiger partial charge in [0.2, 0.25) is 5.75 Å². The first-order chi connectivity index (χ1) is 11.7. The van der Waals surface area contributed by atoms with Gasteiger partial charge in [-0.3, -0.25) is 0 Å². The van der Waals surface area contributed by atoms with Crippen molar-refractivity contribution in [2.45, 2.75) is 0 Å². The van der Waals surface area contributed by atoms with E-state index in [1.165, 1.54) is 11.5 Å². The fraction of sp³-hybridized carbons (Fsp3) is 0.167. The number of rotatable bonds is 5. The summed E-state index contributed by atoms with van der Waals surface area (Å²) in [6, 6.07) is 12.1. The monoisotopic (exact) mass is 405 g/mol. The normalized spacial score (nSPS) is 10.5. The highest BCUT2D eigenvalue weighted by atomic mass is 79.9. The average Bonchev–Trinajstić information content (AvgIpc) is 3.10. The van der Waals surface area contributed by atoms with Crippen LogP contribution in [-0.2, 0) is 0 Å². The Labute approximate surface area is 153 Å². The highest BCUT2D eigenvalue weighted by molar-refractivity contribution is 9.10. The molecule has 1 aromatic heterocycles. The number of ether oxygens (including phenoxy) is 3. The van der Waals surface area contributed by atoms with Crippen LogP contribution in [0.15, 0.2) is 47.1 Å². The topological polar surface area (TPSA) is 40.6 Å². The minimum absolute atomic E-state index is 0.581. The molecule has 0 fully saturated rings. The second-order valence-electron chi connectivity index (χ2n) is 4.99. The van der Waals surface area contributed by atoms with Crippen molar-refractivity contribution in [1.82, 2.24) is 4.37 Å². The highest BCUT2D eigenvalue weighted by Crippen LogP contribution is 2.44. The van der Waals surface area contributed by atoms with Crippen molar-refractivity contribution in [1.29, 1.82) is 0 Å². The minimum atomic E-state index is 0.581. The summed E-state index contributed by atoms with van der Waals surface area (Å²) < 4.78 is 21.7. The molecular formula is C18H16BrNO3S. The number of hydrogen-bond donors (Lipinski definition) is 0. The average molecular weight is 406 g/mol. The van der Waals surface area contributed by atoms with Crippen LogP contribution in [-0.4, -0.2) is 25.7 Å². The molecule has 0 spiro atoms. The molecule has 0 aliphatic carbocycles. The van der Waals surface area contributed by atoms with Crippen molar-refractivity contribution < 1.29 is 14.2 Å². The van der Waals surface area contributed by atoms with Crippen molar-refractivity contribution in [3.8, 4) is 38.8 Å². The van der Waals surface area contributed by atoms with E-state index in [0.29, 0.717) is 17.2 Å². The van der Waals surface area contributed by atoms with Crippen LogP contribution in [0, 0.1) is 0 Å². The molecule has 0 unspecified atom stereocenters. The van der Waals surface area contributed by atoms with E-state index in [2.05, 4.69) is 32.4 Å². The lowest BCUT2D eigenvalue weighted by atomic mass is 10.0. The van der Waals surface area contributed by atoms with E-state index >= 15 is 0 Å². The number of methoxy groups -OCH3 is 3. The molecule has 2 aromatic carbocycles. The van der Waals surface area contributed by atoms with Gasteiger partial charge in [0.25, 0.3) is 0 Å². The molecule has 6 heteroatoms. The lowest BCUT2D eigenvalue weighted by Crippen LogP contribution is -1.95. The lowest BCUT2D eigenvalue weighted by molar-refractivity contribution is 0.324. The van der Waals surface area contributed by atoms with E-state index in [1.54, 1.807) is 21.3 Å². The van der Waals surface area contributed by atoms with Crippen LogP contribution in [0.2, 0.25) is 0 Å². The van der Waals surface area contributed by atoms with Crippen molar-refractivity contribution in [2.75, 3.05) is 21.3 Å². The maximum Gasteiger partial charge on any atom is 0.203 e. The fourth-order valence-corrected chi connectivity index (χ4v) is 3.53. The van der Waals surface area contributed by atoms with E-state index < -0.39 is 0 Å². The van der Waals surface area contributed by atoms with Gasteiger partial charge in [-0.1, -0.05) is 28.1 Å². The van der Waals surface area contributed by atoms with Gasteiger partial charge in [0.1, 0.15) is 0 Å². The molecule has 24 heavy (non-hydrogen) atoms. The molecule has 0 N–H and O–H groups in total. The van der Waals surface area contributed by atoms with Gasteiger partial charge in [0.15, 0.2) is 11.5 Å². The molecule has 0 aliphatic rings. The molecule has 1 heterocycles. The Kier molecular flexibility index (Phi) is 5.06. The zero-order valence-electron chi connectivity index (χ0n) is 13.5. The third kappa shape index (κ3) is 3.12. The number of aromatic nitrogens is 1. The zero-order chi connectivity index (χ0) is 17.1. The third-order valence-corrected chi connectivity index (χ3v) is 5.03. The first kappa shape index (κ1) is 16.8. The first-order valence-electron chi connectivity index (χ1n) is 7.19. The summed E-state index contributed by atoms with van der Waals surface area (Å²) in [5, 5.41) is 0. The molecule has 0 aliphatic heterocycles. The van der Waals surface area contributed by atoms with Gasteiger partial charge in [-0.2, -0.15) is 4.37 Å². The lowest BCUT2D eigenvalue weighted by Gasteiger charge is -2.14. The molecule has 0 amide bonds. The number of hydrogen-bond acceptors (Lipinski definition) is 5. The van der Waals surface area contributed by atoms with Gasteiger partial charge in [0.05, 0.1) is 26.2 Å². The second-order valence-corrected chi connectivity index (χ2v) is 6.71. The van der Waals surface area contributed by atoms with Gasteiger partial charge >= 0.3 is 0 Å². The molecule has 0 radical (unpaired) electrons. The van der Waals surface area contributed by atoms with Gasteiger partial charge in [-0.15, -0.1) is 0 Å². The van der Waals surface area contributed by atoms with Crippen molar-refractivity contribution in [3.05, 3.63) is 47.1 Å². The van der Waals surface area contributed by atoms with E-state index in [4.69, 9.17) is 14.2 Å². The summed E-state index contributed by atoms with van der Waals surface area (Å²) in [4.78, 5) is 1.09. The molecule has 124 valence electrons. The van der Waals surface area contributed by atoms with Crippen molar-refractivity contribution in [3.63, 3.8) is 0 Å². The SMILES string of the molecule is COc1cc(-c2cnsc2-c2ccc(Br)cc2)cc(OC)c1OC. The van der Waals surface area contributed by atoms with E-state index in [1.807, 2.05) is 30.5 Å². The molecular weight excluding hydrogens is 390 g/mol. The number of halogens is 1. The number of nitrogens with zero attached hydrogens (tertiary/aromatic N) is 1. The predicted octanol–water partition coefficient (Wildman–Crippen LogP) is 5.27. The maximum atomic E-state index is 5.45. The summed E-state index contributed by atoms with van der Waals surface area (Å²) in [6.45, 7) is 0. The Hall–Kier alpha value is -2.05. The summed E-state index contributed by atoms with van der Waals surface area (Å²) >= 11 is 4.93. The van der Waals surface area contributed by atoms with Gasteiger partial charge < -0.3 is 14.2 Å². The van der Waals surface area contributed by atoms with Gasteiger partial charge in [-0.05, 0) is 46.9 Å². The third-order valence-electron chi connectivity index (χ3n) is 3.65. The molecule has 0 saturated carbocycles. The standard InChI is InChI=1S/C18H16BrNO3S/c1-21-15-8-12(9-16(22-2)17(15)23-3)14-10-20-24-18(14)11-4-6-13(19)7-5-11/h4-10H,1-3H3. The van der Waals surface area contributed by atoms with Crippen molar-refractivity contribution in [2.24, 2.45) is 0 Å². The predicted molar refractivity (Wildman–Crippen MR) is 100 cm³/mol. The molecule has 3 aromatic rings. The van der Waals surface area contributed by atoms with Gasteiger partial charge in [0, 0.05) is 16.2 Å². The summed E-state index contributed by atoms with van der Waals surface area (Å²) in [5.41, 5.74) is 3.11. The Morgan fingerprint density at radius 2 is 1.50 bits per heavy atom. The van der Waals surface area contributed by atoms with Crippen LogP contribution in [0.3, 0.4) is 0 Å². The maximum absolute atomic E-state index is 5.45. The quantitative estimate of drug-likeness (QED) is 0.579. The Bertz CT molecular complexity index is 821. The molecule has 0 bridgehead atoms. The van der Waals surface area contributed by atoms with Crippen LogP contribution in [0.5, 0.6) is 17.2 Å². The van der Waals surface area contributed by atoms with Crippen LogP contribution in [0.4, 0.5) is 0 Å². The highest BCUT2D eigenvalue weighted by Gasteiger charge is 2.17. The molecule has 0 atom stereocenters. The first-order valence-corrected chi connectivity index (χ1v) is 8.75. The molecule has 3 rings (SSSR count). The van der Waals surface area contributed by atoms with Crippen LogP contribution < -0.4 is 14.2 Å². The van der Waals surface area contributed by atoms with Crippen LogP contribution in [0.25, 0.3) is 21.6 Å². The zero-order valence-corrected chi connectivity index (χ0v) is 15.9. The Balaban J connectivity index is 2.14. The smallest absolute Gasteiger partial charge is 0.203 e. The summed E-state index contributed by atoms with van der Waals surface area (Å²) in [6.07, 6.45) is 1.86. The summed E-state index contributed by atoms with van der Waals surface area (Å²) in [7, 11) is 4.82. The summed E-state index contributed by atoms with van der Waals surface area (Å²) in [5.74, 6) is 1.83. The Morgan fingerprint density at radius 1 is 0.875 bits per heavy atom. The van der Waals surface area contributed by atoms with E-state index in [9.17, 15) is 0 Å². The number of benzene rings is 2. The molecule has 4 nitrogen and oxygen atoms in total. The van der Waals surface area contributed by atoms with Gasteiger partial charge in [-0.25, -0.2) is 0 Å². The fourth-order valence-electron chi connectivity index (χ4n) is 2.49.